The standard InChI is InChI=1S/C47H87O13P/c1-3-5-7-9-11-13-14-15-16-17-18-19-20-21-22-23-24-25-26-28-29-31-33-35-40(48)57-37-39(59-41(49)36-34-32-30-27-12-10-8-6-4-2)38-58-61(55,56)60-47-45(53)43(51)42(50)44(52)46(47)54/h23-24,28-29,39,42-47,50-54H,3-22,25-27,30-38H2,1-2H3,(H,55,56)/b24-23+,29-28+/t39-,42?,43-,44?,45?,46?,47?/m0/s1. The summed E-state index contributed by atoms with van der Waals surface area (Å²) in [6.07, 6.45) is 28.5. The number of carbonyl (C=O) groups excluding carboxylic acids is 2. The van der Waals surface area contributed by atoms with Gasteiger partial charge in [-0.05, 0) is 44.9 Å². The van der Waals surface area contributed by atoms with Crippen LogP contribution in [-0.4, -0.2) is 98.3 Å². The number of aliphatic hydroxyl groups excluding tert-OH is 5. The van der Waals surface area contributed by atoms with Gasteiger partial charge in [-0.15, -0.1) is 0 Å². The highest BCUT2D eigenvalue weighted by molar-refractivity contribution is 7.47. The van der Waals surface area contributed by atoms with Gasteiger partial charge in [-0.2, -0.15) is 0 Å². The Labute approximate surface area is 368 Å². The summed E-state index contributed by atoms with van der Waals surface area (Å²) in [5.41, 5.74) is 0. The molecule has 0 saturated heterocycles. The predicted molar refractivity (Wildman–Crippen MR) is 240 cm³/mol. The van der Waals surface area contributed by atoms with Crippen molar-refractivity contribution in [2.45, 2.75) is 249 Å². The Balaban J connectivity index is 2.36. The minimum absolute atomic E-state index is 0.0910. The second-order valence-electron chi connectivity index (χ2n) is 17.0. The van der Waals surface area contributed by atoms with Crippen LogP contribution in [0.15, 0.2) is 24.3 Å². The highest BCUT2D eigenvalue weighted by atomic mass is 31.2. The van der Waals surface area contributed by atoms with E-state index in [-0.39, 0.29) is 12.8 Å². The number of esters is 2. The number of phosphoric acid groups is 1. The van der Waals surface area contributed by atoms with Gasteiger partial charge in [0, 0.05) is 12.8 Å². The van der Waals surface area contributed by atoms with Gasteiger partial charge in [0.1, 0.15) is 43.2 Å². The van der Waals surface area contributed by atoms with Crippen LogP contribution < -0.4 is 0 Å². The van der Waals surface area contributed by atoms with Crippen LogP contribution in [0.2, 0.25) is 0 Å². The quantitative estimate of drug-likeness (QED) is 0.0147. The predicted octanol–water partition coefficient (Wildman–Crippen LogP) is 9.62. The molecule has 6 N–H and O–H groups in total. The third kappa shape index (κ3) is 30.2. The zero-order valence-corrected chi connectivity index (χ0v) is 38.9. The minimum atomic E-state index is -5.12. The van der Waals surface area contributed by atoms with E-state index in [1.165, 1.54) is 116 Å². The van der Waals surface area contributed by atoms with Gasteiger partial charge >= 0.3 is 19.8 Å². The summed E-state index contributed by atoms with van der Waals surface area (Å²) in [6, 6.07) is 0. The number of rotatable bonds is 40. The molecule has 61 heavy (non-hydrogen) atoms. The Hall–Kier alpha value is -1.67. The number of aliphatic hydroxyl groups is 5. The second-order valence-corrected chi connectivity index (χ2v) is 18.4. The smallest absolute Gasteiger partial charge is 0.462 e. The third-order valence-corrected chi connectivity index (χ3v) is 12.3. The van der Waals surface area contributed by atoms with Gasteiger partial charge in [0.15, 0.2) is 6.10 Å². The van der Waals surface area contributed by atoms with Crippen molar-refractivity contribution < 1.29 is 63.1 Å². The van der Waals surface area contributed by atoms with E-state index in [0.717, 1.165) is 44.9 Å². The summed E-state index contributed by atoms with van der Waals surface area (Å²) in [5.74, 6) is -1.15. The molecule has 1 fully saturated rings. The molecule has 6 unspecified atom stereocenters. The van der Waals surface area contributed by atoms with Crippen molar-refractivity contribution >= 4 is 19.8 Å². The van der Waals surface area contributed by atoms with Crippen molar-refractivity contribution in [1.29, 1.82) is 0 Å². The Morgan fingerprint density at radius 3 is 1.34 bits per heavy atom. The van der Waals surface area contributed by atoms with Crippen LogP contribution in [0.1, 0.15) is 206 Å². The van der Waals surface area contributed by atoms with Gasteiger partial charge in [-0.25, -0.2) is 4.57 Å². The Morgan fingerprint density at radius 1 is 0.492 bits per heavy atom. The molecule has 1 aliphatic carbocycles. The first-order chi connectivity index (χ1) is 29.4. The van der Waals surface area contributed by atoms with E-state index >= 15 is 0 Å². The molecule has 0 amide bonds. The van der Waals surface area contributed by atoms with Crippen LogP contribution in [0.4, 0.5) is 0 Å². The number of carbonyl (C=O) groups is 2. The van der Waals surface area contributed by atoms with Gasteiger partial charge in [0.05, 0.1) is 6.61 Å². The highest BCUT2D eigenvalue weighted by Gasteiger charge is 2.51. The fourth-order valence-electron chi connectivity index (χ4n) is 7.37. The fraction of sp³-hybridized carbons (Fsp3) is 0.872. The van der Waals surface area contributed by atoms with Crippen LogP contribution in [0.25, 0.3) is 0 Å². The minimum Gasteiger partial charge on any atom is -0.462 e. The molecule has 0 bridgehead atoms. The zero-order chi connectivity index (χ0) is 45.0. The molecule has 0 spiro atoms. The lowest BCUT2D eigenvalue weighted by atomic mass is 9.85. The number of hydrogen-bond acceptors (Lipinski definition) is 12. The normalized spacial score (nSPS) is 22.2. The van der Waals surface area contributed by atoms with Gasteiger partial charge in [-0.1, -0.05) is 173 Å². The van der Waals surface area contributed by atoms with E-state index in [1.807, 2.05) is 6.08 Å². The summed E-state index contributed by atoms with van der Waals surface area (Å²) in [7, 11) is -5.12. The SMILES string of the molecule is CCCCCCCCCCCCCCCC/C=C/CC/C=C/CCCC(=O)OC[C@@H](COP(=O)(O)OC1C(O)C(O)C(O)[C@H](O)C1O)OC(=O)CCCCCCCCCCC. The molecule has 1 saturated carbocycles. The molecule has 0 aromatic rings. The highest BCUT2D eigenvalue weighted by Crippen LogP contribution is 2.47. The molecule has 14 heteroatoms. The molecule has 0 aliphatic heterocycles. The number of allylic oxidation sites excluding steroid dienone is 4. The lowest BCUT2D eigenvalue weighted by Crippen LogP contribution is -2.64. The lowest BCUT2D eigenvalue weighted by molar-refractivity contribution is -0.220. The fourth-order valence-corrected chi connectivity index (χ4v) is 8.34. The van der Waals surface area contributed by atoms with Crippen molar-refractivity contribution in [3.63, 3.8) is 0 Å². The summed E-state index contributed by atoms with van der Waals surface area (Å²) >= 11 is 0. The summed E-state index contributed by atoms with van der Waals surface area (Å²) < 4.78 is 33.4. The maximum atomic E-state index is 12.8. The van der Waals surface area contributed by atoms with Gasteiger partial charge < -0.3 is 39.9 Å². The largest absolute Gasteiger partial charge is 0.472 e. The average molecular weight is 891 g/mol. The van der Waals surface area contributed by atoms with E-state index < -0.39 is 75.7 Å². The topological polar surface area (TPSA) is 210 Å². The Bertz CT molecular complexity index is 1170. The first-order valence-corrected chi connectivity index (χ1v) is 25.6. The molecule has 0 aromatic carbocycles. The maximum absolute atomic E-state index is 12.8. The van der Waals surface area contributed by atoms with Crippen molar-refractivity contribution in [2.75, 3.05) is 13.2 Å². The lowest BCUT2D eigenvalue weighted by Gasteiger charge is -2.41. The van der Waals surface area contributed by atoms with Crippen molar-refractivity contribution in [2.24, 2.45) is 0 Å². The van der Waals surface area contributed by atoms with Gasteiger partial charge in [0.25, 0.3) is 0 Å². The average Bonchev–Trinajstić information content (AvgIpc) is 3.24. The van der Waals surface area contributed by atoms with Crippen molar-refractivity contribution in [1.82, 2.24) is 0 Å². The summed E-state index contributed by atoms with van der Waals surface area (Å²) in [4.78, 5) is 35.6. The molecule has 8 atom stereocenters. The van der Waals surface area contributed by atoms with E-state index in [4.69, 9.17) is 18.5 Å². The molecule has 1 aliphatic rings. The van der Waals surface area contributed by atoms with Crippen LogP contribution in [0.3, 0.4) is 0 Å². The monoisotopic (exact) mass is 891 g/mol. The number of ether oxygens (including phenoxy) is 2. The van der Waals surface area contributed by atoms with Crippen molar-refractivity contribution in [3.8, 4) is 0 Å². The van der Waals surface area contributed by atoms with E-state index in [0.29, 0.717) is 19.3 Å². The van der Waals surface area contributed by atoms with Gasteiger partial charge in [0.2, 0.25) is 0 Å². The molecule has 358 valence electrons. The number of unbranched alkanes of at least 4 members (excludes halogenated alkanes) is 24. The van der Waals surface area contributed by atoms with Crippen LogP contribution >= 0.6 is 7.82 Å². The van der Waals surface area contributed by atoms with Crippen LogP contribution in [0, 0.1) is 0 Å². The van der Waals surface area contributed by atoms with Crippen LogP contribution in [0.5, 0.6) is 0 Å². The molecule has 0 heterocycles. The molecular formula is C47H87O13P. The molecule has 1 rings (SSSR count). The summed E-state index contributed by atoms with van der Waals surface area (Å²) in [5, 5.41) is 50.1. The molecule has 13 nitrogen and oxygen atoms in total. The summed E-state index contributed by atoms with van der Waals surface area (Å²) in [6.45, 7) is 3.25. The van der Waals surface area contributed by atoms with Crippen LogP contribution in [-0.2, 0) is 32.7 Å². The van der Waals surface area contributed by atoms with E-state index in [2.05, 4.69) is 32.1 Å². The molecular weight excluding hydrogens is 803 g/mol. The number of hydrogen-bond donors (Lipinski definition) is 6. The first kappa shape index (κ1) is 57.3. The van der Waals surface area contributed by atoms with E-state index in [9.17, 15) is 44.6 Å². The zero-order valence-electron chi connectivity index (χ0n) is 38.0. The molecule has 0 aromatic heterocycles. The van der Waals surface area contributed by atoms with Gasteiger partial charge in [-0.3, -0.25) is 18.6 Å². The van der Waals surface area contributed by atoms with Crippen molar-refractivity contribution in [3.05, 3.63) is 24.3 Å². The maximum Gasteiger partial charge on any atom is 0.472 e. The number of phosphoric ester groups is 1. The second kappa shape index (κ2) is 37.7. The Morgan fingerprint density at radius 2 is 0.869 bits per heavy atom. The van der Waals surface area contributed by atoms with E-state index in [1.54, 1.807) is 0 Å². The molecule has 0 radical (unpaired) electrons. The third-order valence-electron chi connectivity index (χ3n) is 11.3. The Kier molecular flexibility index (Phi) is 35.4. The first-order valence-electron chi connectivity index (χ1n) is 24.1.